The molecule has 0 fully saturated rings. The predicted octanol–water partition coefficient (Wildman–Crippen LogP) is 1.99. The quantitative estimate of drug-likeness (QED) is 0.580. The van der Waals surface area contributed by atoms with Crippen LogP contribution < -0.4 is 5.32 Å². The highest BCUT2D eigenvalue weighted by Crippen LogP contribution is 2.33. The summed E-state index contributed by atoms with van der Waals surface area (Å²) >= 11 is 0. The summed E-state index contributed by atoms with van der Waals surface area (Å²) in [5.74, 6) is 0. The fraction of sp³-hybridized carbons (Fsp3) is 0.389. The average Bonchev–Trinajstić information content (AvgIpc) is 3.29. The molecule has 1 aliphatic heterocycles. The minimum atomic E-state index is 0.672. The second-order valence-corrected chi connectivity index (χ2v) is 6.94. The number of pyridine rings is 1. The minimum absolute atomic E-state index is 0.672. The summed E-state index contributed by atoms with van der Waals surface area (Å²) in [4.78, 5) is 4.79. The lowest BCUT2D eigenvalue weighted by molar-refractivity contribution is 0.306. The molecule has 0 bridgehead atoms. The standard InChI is InChI=1S/C18H20N8O/c1-10-17(24-27-23-10)13-8-14(20-18-16(13)11(2)25(3)22-18)15-7-12-9-19-5-4-6-26(12)21-15/h7-8,19H,4-6,9H2,1-3H3. The molecule has 0 aliphatic carbocycles. The van der Waals surface area contributed by atoms with Crippen molar-refractivity contribution in [3.8, 4) is 22.6 Å². The number of aromatic nitrogens is 7. The summed E-state index contributed by atoms with van der Waals surface area (Å²) in [6, 6.07) is 4.11. The van der Waals surface area contributed by atoms with E-state index < -0.39 is 0 Å². The van der Waals surface area contributed by atoms with Crippen molar-refractivity contribution in [2.45, 2.75) is 33.4 Å². The third-order valence-electron chi connectivity index (χ3n) is 5.16. The van der Waals surface area contributed by atoms with Gasteiger partial charge in [-0.05, 0) is 44.1 Å². The molecule has 0 saturated heterocycles. The fourth-order valence-electron chi connectivity index (χ4n) is 3.62. The lowest BCUT2D eigenvalue weighted by Crippen LogP contribution is -2.11. The maximum Gasteiger partial charge on any atom is 0.182 e. The van der Waals surface area contributed by atoms with Gasteiger partial charge < -0.3 is 5.32 Å². The van der Waals surface area contributed by atoms with Gasteiger partial charge in [0.2, 0.25) is 0 Å². The highest BCUT2D eigenvalue weighted by atomic mass is 16.6. The lowest BCUT2D eigenvalue weighted by Gasteiger charge is -2.04. The average molecular weight is 364 g/mol. The maximum atomic E-state index is 4.95. The smallest absolute Gasteiger partial charge is 0.182 e. The maximum absolute atomic E-state index is 4.95. The van der Waals surface area contributed by atoms with Crippen molar-refractivity contribution in [3.63, 3.8) is 0 Å². The van der Waals surface area contributed by atoms with Crippen molar-refractivity contribution < 1.29 is 4.63 Å². The van der Waals surface area contributed by atoms with E-state index in [0.29, 0.717) is 11.3 Å². The van der Waals surface area contributed by atoms with Crippen LogP contribution in [0.5, 0.6) is 0 Å². The number of hydrogen-bond acceptors (Lipinski definition) is 7. The topological polar surface area (TPSA) is 99.5 Å². The number of rotatable bonds is 2. The minimum Gasteiger partial charge on any atom is -0.311 e. The van der Waals surface area contributed by atoms with Crippen molar-refractivity contribution in [2.75, 3.05) is 6.54 Å². The number of nitrogens with zero attached hydrogens (tertiary/aromatic N) is 7. The van der Waals surface area contributed by atoms with Gasteiger partial charge in [0.1, 0.15) is 17.1 Å². The summed E-state index contributed by atoms with van der Waals surface area (Å²) in [5.41, 5.74) is 6.84. The van der Waals surface area contributed by atoms with Crippen LogP contribution in [0.4, 0.5) is 0 Å². The lowest BCUT2D eigenvalue weighted by atomic mass is 10.0. The summed E-state index contributed by atoms with van der Waals surface area (Å²) < 4.78 is 8.84. The van der Waals surface area contributed by atoms with Crippen LogP contribution in [-0.2, 0) is 20.1 Å². The molecular weight excluding hydrogens is 344 g/mol. The summed E-state index contributed by atoms with van der Waals surface area (Å²) in [6.45, 7) is 6.64. The molecule has 0 spiro atoms. The molecule has 1 N–H and O–H groups in total. The Morgan fingerprint density at radius 2 is 2.00 bits per heavy atom. The van der Waals surface area contributed by atoms with Crippen molar-refractivity contribution in [1.29, 1.82) is 0 Å². The van der Waals surface area contributed by atoms with E-state index in [9.17, 15) is 0 Å². The van der Waals surface area contributed by atoms with E-state index in [1.807, 2.05) is 31.6 Å². The van der Waals surface area contributed by atoms with Gasteiger partial charge in [0.15, 0.2) is 5.65 Å². The zero-order valence-corrected chi connectivity index (χ0v) is 15.5. The molecule has 0 aromatic carbocycles. The van der Waals surface area contributed by atoms with Crippen molar-refractivity contribution >= 4 is 11.0 Å². The second kappa shape index (κ2) is 5.98. The highest BCUT2D eigenvalue weighted by Gasteiger charge is 2.21. The third kappa shape index (κ3) is 2.54. The van der Waals surface area contributed by atoms with Gasteiger partial charge in [0.25, 0.3) is 0 Å². The summed E-state index contributed by atoms with van der Waals surface area (Å²) in [5, 5.41) is 21.8. The predicted molar refractivity (Wildman–Crippen MR) is 98.8 cm³/mol. The molecule has 9 nitrogen and oxygen atoms in total. The molecule has 0 saturated carbocycles. The van der Waals surface area contributed by atoms with Crippen LogP contribution in [0.1, 0.15) is 23.5 Å². The molecule has 1 aliphatic rings. The Bertz CT molecular complexity index is 1130. The molecule has 138 valence electrons. The van der Waals surface area contributed by atoms with E-state index in [2.05, 4.69) is 31.5 Å². The van der Waals surface area contributed by atoms with Crippen LogP contribution in [0, 0.1) is 13.8 Å². The van der Waals surface area contributed by atoms with Crippen LogP contribution in [0.3, 0.4) is 0 Å². The number of fused-ring (bicyclic) bond motifs is 2. The third-order valence-corrected chi connectivity index (χ3v) is 5.16. The molecule has 0 radical (unpaired) electrons. The van der Waals surface area contributed by atoms with Gasteiger partial charge in [0, 0.05) is 31.4 Å². The molecule has 4 aromatic rings. The zero-order valence-electron chi connectivity index (χ0n) is 15.5. The molecule has 0 amide bonds. The SMILES string of the molecule is Cc1nonc1-c1cc(-c2cc3n(n2)CCCNC3)nc2nn(C)c(C)c12. The Labute approximate surface area is 155 Å². The summed E-state index contributed by atoms with van der Waals surface area (Å²) in [6.07, 6.45) is 1.06. The summed E-state index contributed by atoms with van der Waals surface area (Å²) in [7, 11) is 1.92. The van der Waals surface area contributed by atoms with E-state index in [0.717, 1.165) is 59.8 Å². The molecule has 27 heavy (non-hydrogen) atoms. The first kappa shape index (κ1) is 16.1. The van der Waals surface area contributed by atoms with Gasteiger partial charge in [0.05, 0.1) is 16.8 Å². The molecule has 4 aromatic heterocycles. The Morgan fingerprint density at radius 3 is 2.81 bits per heavy atom. The fourth-order valence-corrected chi connectivity index (χ4v) is 3.62. The molecule has 0 unspecified atom stereocenters. The second-order valence-electron chi connectivity index (χ2n) is 6.94. The normalized spacial score (nSPS) is 14.5. The van der Waals surface area contributed by atoms with Crippen LogP contribution in [0.15, 0.2) is 16.8 Å². The van der Waals surface area contributed by atoms with E-state index in [-0.39, 0.29) is 0 Å². The Morgan fingerprint density at radius 1 is 1.11 bits per heavy atom. The molecule has 5 rings (SSSR count). The Hall–Kier alpha value is -3.07. The number of hydrogen-bond donors (Lipinski definition) is 1. The van der Waals surface area contributed by atoms with Crippen LogP contribution in [0.25, 0.3) is 33.7 Å². The van der Waals surface area contributed by atoms with Gasteiger partial charge >= 0.3 is 0 Å². The van der Waals surface area contributed by atoms with Crippen LogP contribution >= 0.6 is 0 Å². The van der Waals surface area contributed by atoms with Gasteiger partial charge in [-0.2, -0.15) is 10.2 Å². The zero-order chi connectivity index (χ0) is 18.5. The van der Waals surface area contributed by atoms with Crippen LogP contribution in [-0.4, -0.2) is 41.4 Å². The van der Waals surface area contributed by atoms with Gasteiger partial charge in [-0.15, -0.1) is 0 Å². The van der Waals surface area contributed by atoms with Gasteiger partial charge in [-0.1, -0.05) is 5.16 Å². The van der Waals surface area contributed by atoms with Crippen LogP contribution in [0.2, 0.25) is 0 Å². The van der Waals surface area contributed by atoms with Crippen molar-refractivity contribution in [1.82, 2.24) is 40.2 Å². The van der Waals surface area contributed by atoms with Gasteiger partial charge in [-0.25, -0.2) is 9.61 Å². The van der Waals surface area contributed by atoms with E-state index in [1.54, 1.807) is 0 Å². The molecule has 0 atom stereocenters. The van der Waals surface area contributed by atoms with Crippen molar-refractivity contribution in [2.24, 2.45) is 7.05 Å². The first-order valence-electron chi connectivity index (χ1n) is 9.03. The van der Waals surface area contributed by atoms with E-state index >= 15 is 0 Å². The first-order chi connectivity index (χ1) is 13.1. The van der Waals surface area contributed by atoms with E-state index in [4.69, 9.17) is 14.7 Å². The van der Waals surface area contributed by atoms with E-state index in [1.165, 1.54) is 5.69 Å². The Kier molecular flexibility index (Phi) is 3.57. The largest absolute Gasteiger partial charge is 0.311 e. The molecule has 9 heteroatoms. The molecular formula is C18H20N8O. The monoisotopic (exact) mass is 364 g/mol. The Balaban J connectivity index is 1.74. The van der Waals surface area contributed by atoms with Crippen molar-refractivity contribution in [3.05, 3.63) is 29.2 Å². The first-order valence-corrected chi connectivity index (χ1v) is 9.03. The number of nitrogens with one attached hydrogen (secondary N) is 1. The highest BCUT2D eigenvalue weighted by molar-refractivity contribution is 5.96. The van der Waals surface area contributed by atoms with Gasteiger partial charge in [-0.3, -0.25) is 9.36 Å². The number of aryl methyl sites for hydroxylation is 4. The molecule has 5 heterocycles.